The molecule has 0 bridgehead atoms. The third-order valence-corrected chi connectivity index (χ3v) is 3.39. The van der Waals surface area contributed by atoms with Crippen molar-refractivity contribution in [3.8, 4) is 0 Å². The molecule has 0 amide bonds. The van der Waals surface area contributed by atoms with E-state index in [1.54, 1.807) is 0 Å². The lowest BCUT2D eigenvalue weighted by Crippen LogP contribution is -2.20. The lowest BCUT2D eigenvalue weighted by molar-refractivity contribution is 0.102. The first kappa shape index (κ1) is 15.5. The highest BCUT2D eigenvalue weighted by molar-refractivity contribution is 6.32. The van der Waals surface area contributed by atoms with E-state index in [9.17, 15) is 4.79 Å². The molecule has 0 heterocycles. The standard InChI is InChI=1S/C18H18ClNO/c1-20(2)13-16(12-15-10-6-7-11-17(15)19)18(21)14-8-4-3-5-9-14/h3-12H,13H2,1-2H3/b16-12+. The first-order valence-corrected chi connectivity index (χ1v) is 7.15. The van der Waals surface area contributed by atoms with Crippen LogP contribution < -0.4 is 0 Å². The number of hydrogen-bond acceptors (Lipinski definition) is 2. The molecule has 2 aromatic carbocycles. The molecule has 0 saturated heterocycles. The maximum atomic E-state index is 12.7. The molecular formula is C18H18ClNO. The van der Waals surface area contributed by atoms with Crippen molar-refractivity contribution in [2.45, 2.75) is 0 Å². The highest BCUT2D eigenvalue weighted by Crippen LogP contribution is 2.20. The molecule has 0 aliphatic carbocycles. The van der Waals surface area contributed by atoms with Crippen LogP contribution in [0.4, 0.5) is 0 Å². The molecule has 2 aromatic rings. The van der Waals surface area contributed by atoms with E-state index in [1.807, 2.05) is 79.7 Å². The fourth-order valence-corrected chi connectivity index (χ4v) is 2.27. The molecule has 2 rings (SSSR count). The van der Waals surface area contributed by atoms with Gasteiger partial charge in [-0.05, 0) is 31.8 Å². The van der Waals surface area contributed by atoms with Crippen LogP contribution in [0.1, 0.15) is 15.9 Å². The number of rotatable bonds is 5. The summed E-state index contributed by atoms with van der Waals surface area (Å²) < 4.78 is 0. The van der Waals surface area contributed by atoms with Crippen LogP contribution in [-0.2, 0) is 0 Å². The van der Waals surface area contributed by atoms with Gasteiger partial charge in [-0.2, -0.15) is 0 Å². The normalized spacial score (nSPS) is 11.7. The van der Waals surface area contributed by atoms with Gasteiger partial charge < -0.3 is 4.90 Å². The SMILES string of the molecule is CN(C)C/C(=C\c1ccccc1Cl)C(=O)c1ccccc1. The van der Waals surface area contributed by atoms with Crippen molar-refractivity contribution in [3.63, 3.8) is 0 Å². The molecule has 0 aromatic heterocycles. The Hall–Kier alpha value is -1.90. The monoisotopic (exact) mass is 299 g/mol. The van der Waals surface area contributed by atoms with Gasteiger partial charge in [0.1, 0.15) is 0 Å². The van der Waals surface area contributed by atoms with Gasteiger partial charge in [-0.1, -0.05) is 60.1 Å². The number of carbonyl (C=O) groups excluding carboxylic acids is 1. The number of nitrogens with zero attached hydrogens (tertiary/aromatic N) is 1. The average molecular weight is 300 g/mol. The number of Topliss-reactive ketones (excluding diaryl/α,β-unsaturated/α-hetero) is 1. The van der Waals surface area contributed by atoms with Crippen LogP contribution in [0.15, 0.2) is 60.2 Å². The van der Waals surface area contributed by atoms with E-state index in [-0.39, 0.29) is 5.78 Å². The van der Waals surface area contributed by atoms with E-state index in [2.05, 4.69) is 0 Å². The van der Waals surface area contributed by atoms with Crippen molar-refractivity contribution in [1.82, 2.24) is 4.90 Å². The Bertz CT molecular complexity index is 647. The molecule has 0 atom stereocenters. The molecule has 0 spiro atoms. The summed E-state index contributed by atoms with van der Waals surface area (Å²) in [5.74, 6) is 0.0317. The molecular weight excluding hydrogens is 282 g/mol. The van der Waals surface area contributed by atoms with E-state index in [0.717, 1.165) is 11.1 Å². The number of benzene rings is 2. The zero-order valence-corrected chi connectivity index (χ0v) is 13.0. The summed E-state index contributed by atoms with van der Waals surface area (Å²) in [6.45, 7) is 0.568. The Labute approximate surface area is 130 Å². The predicted molar refractivity (Wildman–Crippen MR) is 88.8 cm³/mol. The van der Waals surface area contributed by atoms with Gasteiger partial charge in [-0.15, -0.1) is 0 Å². The highest BCUT2D eigenvalue weighted by atomic mass is 35.5. The van der Waals surface area contributed by atoms with Gasteiger partial charge in [0.15, 0.2) is 5.78 Å². The second kappa shape index (κ2) is 7.21. The van der Waals surface area contributed by atoms with Crippen LogP contribution in [0.5, 0.6) is 0 Å². The number of likely N-dealkylation sites (N-methyl/N-ethyl adjacent to an activating group) is 1. The lowest BCUT2D eigenvalue weighted by atomic mass is 10.0. The minimum atomic E-state index is 0.0317. The van der Waals surface area contributed by atoms with Gasteiger partial charge in [0.05, 0.1) is 0 Å². The molecule has 0 saturated carbocycles. The van der Waals surface area contributed by atoms with Crippen LogP contribution in [-0.4, -0.2) is 31.3 Å². The quantitative estimate of drug-likeness (QED) is 0.610. The fourth-order valence-electron chi connectivity index (χ4n) is 2.08. The van der Waals surface area contributed by atoms with Crippen molar-refractivity contribution in [2.24, 2.45) is 0 Å². The highest BCUT2D eigenvalue weighted by Gasteiger charge is 2.13. The summed E-state index contributed by atoms with van der Waals surface area (Å²) >= 11 is 6.19. The number of hydrogen-bond donors (Lipinski definition) is 0. The van der Waals surface area contributed by atoms with Crippen LogP contribution in [0.25, 0.3) is 6.08 Å². The van der Waals surface area contributed by atoms with E-state index < -0.39 is 0 Å². The van der Waals surface area contributed by atoms with Crippen LogP contribution in [0.3, 0.4) is 0 Å². The zero-order chi connectivity index (χ0) is 15.2. The van der Waals surface area contributed by atoms with Crippen LogP contribution in [0, 0.1) is 0 Å². The van der Waals surface area contributed by atoms with Gasteiger partial charge in [0.2, 0.25) is 0 Å². The molecule has 0 fully saturated rings. The number of halogens is 1. The summed E-state index contributed by atoms with van der Waals surface area (Å²) in [7, 11) is 3.89. The lowest BCUT2D eigenvalue weighted by Gasteiger charge is -2.13. The van der Waals surface area contributed by atoms with E-state index in [4.69, 9.17) is 11.6 Å². The minimum Gasteiger partial charge on any atom is -0.305 e. The van der Waals surface area contributed by atoms with Crippen molar-refractivity contribution >= 4 is 23.5 Å². The molecule has 0 aliphatic rings. The smallest absolute Gasteiger partial charge is 0.190 e. The first-order chi connectivity index (χ1) is 10.1. The third kappa shape index (κ3) is 4.28. The third-order valence-electron chi connectivity index (χ3n) is 3.05. The Morgan fingerprint density at radius 2 is 1.67 bits per heavy atom. The molecule has 2 nitrogen and oxygen atoms in total. The summed E-state index contributed by atoms with van der Waals surface area (Å²) in [5, 5.41) is 0.648. The summed E-state index contributed by atoms with van der Waals surface area (Å²) in [4.78, 5) is 14.6. The molecule has 21 heavy (non-hydrogen) atoms. The molecule has 0 unspecified atom stereocenters. The Morgan fingerprint density at radius 3 is 2.29 bits per heavy atom. The summed E-state index contributed by atoms with van der Waals surface area (Å²) in [6.07, 6.45) is 1.87. The van der Waals surface area contributed by atoms with Crippen LogP contribution >= 0.6 is 11.6 Å². The molecule has 0 radical (unpaired) electrons. The molecule has 0 aliphatic heterocycles. The predicted octanol–water partition coefficient (Wildman–Crippen LogP) is 4.17. The van der Waals surface area contributed by atoms with Gasteiger partial charge in [-0.25, -0.2) is 0 Å². The van der Waals surface area contributed by atoms with E-state index in [1.165, 1.54) is 0 Å². The van der Waals surface area contributed by atoms with Gasteiger partial charge in [0.25, 0.3) is 0 Å². The molecule has 108 valence electrons. The first-order valence-electron chi connectivity index (χ1n) is 6.77. The topological polar surface area (TPSA) is 20.3 Å². The van der Waals surface area contributed by atoms with Crippen molar-refractivity contribution < 1.29 is 4.79 Å². The van der Waals surface area contributed by atoms with Gasteiger partial charge in [-0.3, -0.25) is 4.79 Å². The molecule has 0 N–H and O–H groups in total. The minimum absolute atomic E-state index is 0.0317. The maximum Gasteiger partial charge on any atom is 0.190 e. The van der Waals surface area contributed by atoms with E-state index >= 15 is 0 Å². The second-order valence-corrected chi connectivity index (χ2v) is 5.53. The average Bonchev–Trinajstić information content (AvgIpc) is 2.48. The Kier molecular flexibility index (Phi) is 5.32. The van der Waals surface area contributed by atoms with Crippen molar-refractivity contribution in [3.05, 3.63) is 76.3 Å². The van der Waals surface area contributed by atoms with Crippen LogP contribution in [0.2, 0.25) is 5.02 Å². The Balaban J connectivity index is 2.39. The molecule has 3 heteroatoms. The largest absolute Gasteiger partial charge is 0.305 e. The number of carbonyl (C=O) groups is 1. The van der Waals surface area contributed by atoms with Gasteiger partial charge >= 0.3 is 0 Å². The van der Waals surface area contributed by atoms with Crippen molar-refractivity contribution in [1.29, 1.82) is 0 Å². The maximum absolute atomic E-state index is 12.7. The summed E-state index contributed by atoms with van der Waals surface area (Å²) in [5.41, 5.74) is 2.28. The summed E-state index contributed by atoms with van der Waals surface area (Å²) in [6, 6.07) is 16.8. The Morgan fingerprint density at radius 1 is 1.05 bits per heavy atom. The fraction of sp³-hybridized carbons (Fsp3) is 0.167. The van der Waals surface area contributed by atoms with E-state index in [0.29, 0.717) is 17.1 Å². The van der Waals surface area contributed by atoms with Gasteiger partial charge in [0, 0.05) is 22.7 Å². The second-order valence-electron chi connectivity index (χ2n) is 5.12. The van der Waals surface area contributed by atoms with Crippen molar-refractivity contribution in [2.75, 3.05) is 20.6 Å². The number of ketones is 1. The zero-order valence-electron chi connectivity index (χ0n) is 12.2.